The maximum Gasteiger partial charge on any atom is 0.349 e. The molecular formula is C25H32N4O3. The van der Waals surface area contributed by atoms with Gasteiger partial charge < -0.3 is 19.5 Å². The second-order valence-corrected chi connectivity index (χ2v) is 7.49. The largest absolute Gasteiger partial charge is 0.451 e. The quantitative estimate of drug-likeness (QED) is 0.338. The summed E-state index contributed by atoms with van der Waals surface area (Å²) in [6, 6.07) is 11.3. The predicted octanol–water partition coefficient (Wildman–Crippen LogP) is 4.45. The van der Waals surface area contributed by atoms with Crippen molar-refractivity contribution in [3.63, 3.8) is 0 Å². The second kappa shape index (κ2) is 11.8. The van der Waals surface area contributed by atoms with Gasteiger partial charge in [-0.15, -0.1) is 0 Å². The number of anilines is 2. The summed E-state index contributed by atoms with van der Waals surface area (Å²) in [4.78, 5) is 26.7. The Morgan fingerprint density at radius 2 is 1.81 bits per heavy atom. The Morgan fingerprint density at radius 1 is 1.16 bits per heavy atom. The van der Waals surface area contributed by atoms with Gasteiger partial charge in [-0.1, -0.05) is 6.92 Å². The molecule has 2 aromatic rings. The monoisotopic (exact) mass is 436 g/mol. The number of nitriles is 1. The summed E-state index contributed by atoms with van der Waals surface area (Å²) in [7, 11) is 0. The fraction of sp³-hybridized carbons (Fsp3) is 0.400. The van der Waals surface area contributed by atoms with Gasteiger partial charge in [-0.25, -0.2) is 4.79 Å². The molecular weight excluding hydrogens is 404 g/mol. The van der Waals surface area contributed by atoms with Crippen LogP contribution in [0, 0.1) is 25.2 Å². The van der Waals surface area contributed by atoms with Crippen molar-refractivity contribution in [1.82, 2.24) is 4.57 Å². The number of aryl methyl sites for hydroxylation is 1. The van der Waals surface area contributed by atoms with Crippen LogP contribution in [0.4, 0.5) is 11.4 Å². The average molecular weight is 437 g/mol. The van der Waals surface area contributed by atoms with Crippen LogP contribution in [0.1, 0.15) is 44.1 Å². The summed E-state index contributed by atoms with van der Waals surface area (Å²) in [5.41, 5.74) is 4.38. The fourth-order valence-electron chi connectivity index (χ4n) is 3.58. The minimum Gasteiger partial charge on any atom is -0.451 e. The zero-order valence-corrected chi connectivity index (χ0v) is 19.6. The van der Waals surface area contributed by atoms with Gasteiger partial charge >= 0.3 is 5.97 Å². The zero-order chi connectivity index (χ0) is 23.7. The van der Waals surface area contributed by atoms with Crippen LogP contribution >= 0.6 is 0 Å². The highest BCUT2D eigenvalue weighted by molar-refractivity contribution is 6.00. The van der Waals surface area contributed by atoms with Gasteiger partial charge in [0.15, 0.2) is 6.61 Å². The summed E-state index contributed by atoms with van der Waals surface area (Å²) >= 11 is 0. The molecule has 0 unspecified atom stereocenters. The van der Waals surface area contributed by atoms with Crippen LogP contribution in [0.2, 0.25) is 0 Å². The molecule has 0 fully saturated rings. The Bertz CT molecular complexity index is 1010. The summed E-state index contributed by atoms with van der Waals surface area (Å²) in [6.45, 7) is 12.4. The summed E-state index contributed by atoms with van der Waals surface area (Å²) < 4.78 is 7.21. The van der Waals surface area contributed by atoms with Gasteiger partial charge in [-0.3, -0.25) is 4.79 Å². The van der Waals surface area contributed by atoms with Crippen LogP contribution < -0.4 is 10.2 Å². The number of nitrogens with zero attached hydrogens (tertiary/aromatic N) is 3. The molecule has 0 radical (unpaired) electrons. The lowest BCUT2D eigenvalue weighted by Crippen LogP contribution is -2.22. The Balaban J connectivity index is 1.98. The van der Waals surface area contributed by atoms with Gasteiger partial charge in [0.2, 0.25) is 0 Å². The van der Waals surface area contributed by atoms with Crippen molar-refractivity contribution in [2.75, 3.05) is 29.9 Å². The summed E-state index contributed by atoms with van der Waals surface area (Å²) in [5, 5.41) is 12.1. The number of benzene rings is 1. The van der Waals surface area contributed by atoms with Crippen molar-refractivity contribution < 1.29 is 14.3 Å². The molecule has 1 aromatic carbocycles. The zero-order valence-electron chi connectivity index (χ0n) is 19.6. The Labute approximate surface area is 190 Å². The van der Waals surface area contributed by atoms with Gasteiger partial charge in [-0.2, -0.15) is 5.26 Å². The third-order valence-corrected chi connectivity index (χ3v) is 5.31. The van der Waals surface area contributed by atoms with Crippen molar-refractivity contribution in [1.29, 1.82) is 5.26 Å². The molecule has 0 saturated heterocycles. The van der Waals surface area contributed by atoms with E-state index in [4.69, 9.17) is 4.74 Å². The number of aromatic nitrogens is 1. The molecule has 0 spiro atoms. The van der Waals surface area contributed by atoms with Crippen molar-refractivity contribution in [2.24, 2.45) is 0 Å². The third-order valence-electron chi connectivity index (χ3n) is 5.31. The van der Waals surface area contributed by atoms with Gasteiger partial charge in [-0.05, 0) is 76.1 Å². The SMILES string of the molecule is CCCn1c(C)cc(C=C(C#N)C(=O)OCC(=O)Nc2ccc(N(CC)CC)cc2)c1C. The minimum atomic E-state index is -0.820. The van der Waals surface area contributed by atoms with E-state index >= 15 is 0 Å². The van der Waals surface area contributed by atoms with E-state index in [1.54, 1.807) is 12.1 Å². The van der Waals surface area contributed by atoms with Crippen LogP contribution in [0.5, 0.6) is 0 Å². The number of hydrogen-bond donors (Lipinski definition) is 1. The van der Waals surface area contributed by atoms with E-state index in [1.807, 2.05) is 38.1 Å². The Morgan fingerprint density at radius 3 is 2.38 bits per heavy atom. The topological polar surface area (TPSA) is 87.4 Å². The number of carbonyl (C=O) groups is 2. The first-order valence-electron chi connectivity index (χ1n) is 10.9. The number of amides is 1. The summed E-state index contributed by atoms with van der Waals surface area (Å²) in [5.74, 6) is -1.29. The van der Waals surface area contributed by atoms with Crippen molar-refractivity contribution in [3.8, 4) is 6.07 Å². The molecule has 7 nitrogen and oxygen atoms in total. The number of rotatable bonds is 10. The Kier molecular flexibility index (Phi) is 9.08. The molecule has 1 aromatic heterocycles. The molecule has 0 aliphatic rings. The van der Waals surface area contributed by atoms with E-state index in [2.05, 4.69) is 35.6 Å². The molecule has 0 atom stereocenters. The van der Waals surface area contributed by atoms with Gasteiger partial charge in [0.05, 0.1) is 0 Å². The van der Waals surface area contributed by atoms with E-state index in [-0.39, 0.29) is 5.57 Å². The number of carbonyl (C=O) groups excluding carboxylic acids is 2. The van der Waals surface area contributed by atoms with Gasteiger partial charge in [0, 0.05) is 42.4 Å². The average Bonchev–Trinajstić information content (AvgIpc) is 3.05. The maximum atomic E-state index is 12.3. The van der Waals surface area contributed by atoms with Gasteiger partial charge in [0.1, 0.15) is 11.6 Å². The van der Waals surface area contributed by atoms with E-state index < -0.39 is 18.5 Å². The van der Waals surface area contributed by atoms with Crippen molar-refractivity contribution in [3.05, 3.63) is 52.9 Å². The predicted molar refractivity (Wildman–Crippen MR) is 127 cm³/mol. The molecule has 1 amide bonds. The summed E-state index contributed by atoms with van der Waals surface area (Å²) in [6.07, 6.45) is 2.50. The molecule has 0 saturated carbocycles. The first-order chi connectivity index (χ1) is 15.3. The van der Waals surface area contributed by atoms with Crippen molar-refractivity contribution >= 4 is 29.3 Å². The minimum absolute atomic E-state index is 0.141. The molecule has 0 aliphatic carbocycles. The number of nitrogens with one attached hydrogen (secondary N) is 1. The van der Waals surface area contributed by atoms with Crippen LogP contribution in [0.3, 0.4) is 0 Å². The van der Waals surface area contributed by atoms with E-state index in [0.717, 1.165) is 48.7 Å². The highest BCUT2D eigenvalue weighted by Gasteiger charge is 2.15. The van der Waals surface area contributed by atoms with E-state index in [9.17, 15) is 14.9 Å². The fourth-order valence-corrected chi connectivity index (χ4v) is 3.58. The normalized spacial score (nSPS) is 11.1. The number of hydrogen-bond acceptors (Lipinski definition) is 5. The lowest BCUT2D eigenvalue weighted by atomic mass is 10.1. The molecule has 32 heavy (non-hydrogen) atoms. The molecule has 0 bridgehead atoms. The first kappa shape index (κ1) is 24.7. The lowest BCUT2D eigenvalue weighted by Gasteiger charge is -2.21. The maximum absolute atomic E-state index is 12.3. The second-order valence-electron chi connectivity index (χ2n) is 7.49. The first-order valence-corrected chi connectivity index (χ1v) is 10.9. The third kappa shape index (κ3) is 6.24. The molecule has 170 valence electrons. The van der Waals surface area contributed by atoms with Crippen LogP contribution in [-0.2, 0) is 20.9 Å². The standard InChI is InChI=1S/C25H32N4O3/c1-6-13-29-18(4)14-20(19(29)5)15-21(16-26)25(31)32-17-24(30)27-22-9-11-23(12-10-22)28(7-2)8-3/h9-12,14-15H,6-8,13,17H2,1-5H3,(H,27,30). The molecule has 1 heterocycles. The van der Waals surface area contributed by atoms with Crippen LogP contribution in [0.25, 0.3) is 6.08 Å². The highest BCUT2D eigenvalue weighted by Crippen LogP contribution is 2.20. The molecule has 1 N–H and O–H groups in total. The molecule has 2 rings (SSSR count). The molecule has 7 heteroatoms. The number of ether oxygens (including phenoxy) is 1. The van der Waals surface area contributed by atoms with Gasteiger partial charge in [0.25, 0.3) is 5.91 Å². The lowest BCUT2D eigenvalue weighted by molar-refractivity contribution is -0.142. The molecule has 0 aliphatic heterocycles. The van der Waals surface area contributed by atoms with E-state index in [1.165, 1.54) is 6.08 Å². The Hall–Kier alpha value is -3.53. The van der Waals surface area contributed by atoms with Crippen LogP contribution in [0.15, 0.2) is 35.9 Å². The van der Waals surface area contributed by atoms with Crippen LogP contribution in [-0.4, -0.2) is 36.1 Å². The number of esters is 1. The van der Waals surface area contributed by atoms with E-state index in [0.29, 0.717) is 5.69 Å². The smallest absolute Gasteiger partial charge is 0.349 e. The highest BCUT2D eigenvalue weighted by atomic mass is 16.5. The van der Waals surface area contributed by atoms with Crippen molar-refractivity contribution in [2.45, 2.75) is 47.6 Å².